The van der Waals surface area contributed by atoms with E-state index in [-0.39, 0.29) is 5.92 Å². The largest absolute Gasteiger partial charge is 0.377 e. The van der Waals surface area contributed by atoms with E-state index in [0.29, 0.717) is 13.2 Å². The van der Waals surface area contributed by atoms with Gasteiger partial charge in [-0.15, -0.1) is 6.58 Å². The van der Waals surface area contributed by atoms with E-state index in [1.807, 2.05) is 30.3 Å². The van der Waals surface area contributed by atoms with Gasteiger partial charge in [-0.3, -0.25) is 0 Å². The highest BCUT2D eigenvalue weighted by atomic mass is 16.5. The molecule has 0 amide bonds. The number of hydrogen-bond acceptors (Lipinski definition) is 2. The van der Waals surface area contributed by atoms with E-state index >= 15 is 0 Å². The molecule has 0 aromatic heterocycles. The molecule has 1 aromatic carbocycles. The third-order valence-corrected chi connectivity index (χ3v) is 2.41. The molecule has 16 heavy (non-hydrogen) atoms. The molecule has 0 spiro atoms. The molecule has 0 heterocycles. The van der Waals surface area contributed by atoms with Gasteiger partial charge in [0.25, 0.3) is 0 Å². The van der Waals surface area contributed by atoms with Gasteiger partial charge in [0.05, 0.1) is 6.61 Å². The molecule has 0 radical (unpaired) electrons. The van der Waals surface area contributed by atoms with Crippen LogP contribution in [0.3, 0.4) is 0 Å². The summed E-state index contributed by atoms with van der Waals surface area (Å²) in [7, 11) is 0. The minimum Gasteiger partial charge on any atom is -0.377 e. The molecule has 0 saturated heterocycles. The van der Waals surface area contributed by atoms with Crippen LogP contribution in [-0.4, -0.2) is 12.9 Å². The van der Waals surface area contributed by atoms with E-state index in [1.54, 1.807) is 6.08 Å². The number of carbonyl (C=O) groups excluding carboxylic acids is 1. The van der Waals surface area contributed by atoms with E-state index in [1.165, 1.54) is 0 Å². The van der Waals surface area contributed by atoms with Gasteiger partial charge in [0, 0.05) is 12.5 Å². The maximum atomic E-state index is 10.7. The lowest BCUT2D eigenvalue weighted by molar-refractivity contribution is -0.111. The van der Waals surface area contributed by atoms with Gasteiger partial charge in [0.15, 0.2) is 0 Å². The van der Waals surface area contributed by atoms with E-state index in [9.17, 15) is 4.79 Å². The van der Waals surface area contributed by atoms with Crippen molar-refractivity contribution < 1.29 is 9.53 Å². The molecule has 0 N–H and O–H groups in total. The van der Waals surface area contributed by atoms with Crippen LogP contribution >= 0.6 is 0 Å². The summed E-state index contributed by atoms with van der Waals surface area (Å²) in [5, 5.41) is 0. The lowest BCUT2D eigenvalue weighted by Gasteiger charge is -2.08. The van der Waals surface area contributed by atoms with Crippen LogP contribution in [-0.2, 0) is 16.1 Å². The highest BCUT2D eigenvalue weighted by molar-refractivity contribution is 5.53. The minimum atomic E-state index is 0.0493. The van der Waals surface area contributed by atoms with Crippen molar-refractivity contribution in [2.45, 2.75) is 19.4 Å². The highest BCUT2D eigenvalue weighted by Crippen LogP contribution is 2.07. The van der Waals surface area contributed by atoms with Gasteiger partial charge in [0.2, 0.25) is 0 Å². The summed E-state index contributed by atoms with van der Waals surface area (Å²) < 4.78 is 5.51. The first-order valence-corrected chi connectivity index (χ1v) is 5.54. The number of carbonyl (C=O) groups is 1. The molecule has 0 saturated carbocycles. The Morgan fingerprint density at radius 1 is 1.31 bits per heavy atom. The Kier molecular flexibility index (Phi) is 6.19. The summed E-state index contributed by atoms with van der Waals surface area (Å²) in [6.07, 6.45) is 4.25. The molecule has 1 aromatic rings. The summed E-state index contributed by atoms with van der Waals surface area (Å²) in [5.41, 5.74) is 1.16. The van der Waals surface area contributed by atoms with E-state index < -0.39 is 0 Å². The van der Waals surface area contributed by atoms with Gasteiger partial charge < -0.3 is 9.53 Å². The number of benzene rings is 1. The Morgan fingerprint density at radius 2 is 2.06 bits per heavy atom. The number of hydrogen-bond donors (Lipinski definition) is 0. The number of rotatable bonds is 8. The molecule has 1 rings (SSSR count). The summed E-state index contributed by atoms with van der Waals surface area (Å²) in [5.74, 6) is 0.0493. The maximum absolute atomic E-state index is 10.7. The summed E-state index contributed by atoms with van der Waals surface area (Å²) in [6, 6.07) is 10.0. The Labute approximate surface area is 96.9 Å². The Balaban J connectivity index is 2.16. The monoisotopic (exact) mass is 218 g/mol. The lowest BCUT2D eigenvalue weighted by Crippen LogP contribution is -2.06. The Bertz CT molecular complexity index is 306. The van der Waals surface area contributed by atoms with Crippen molar-refractivity contribution >= 4 is 6.29 Å². The molecule has 2 heteroatoms. The second-order valence-electron chi connectivity index (χ2n) is 3.75. The molecule has 1 atom stereocenters. The molecule has 0 fully saturated rings. The fourth-order valence-electron chi connectivity index (χ4n) is 1.45. The smallest absolute Gasteiger partial charge is 0.123 e. The van der Waals surface area contributed by atoms with Gasteiger partial charge in [-0.2, -0.15) is 0 Å². The van der Waals surface area contributed by atoms with Gasteiger partial charge in [-0.05, 0) is 18.4 Å². The average molecular weight is 218 g/mol. The van der Waals surface area contributed by atoms with Gasteiger partial charge >= 0.3 is 0 Å². The third-order valence-electron chi connectivity index (χ3n) is 2.41. The van der Waals surface area contributed by atoms with Crippen molar-refractivity contribution in [2.75, 3.05) is 6.61 Å². The maximum Gasteiger partial charge on any atom is 0.123 e. The fraction of sp³-hybridized carbons (Fsp3) is 0.357. The lowest BCUT2D eigenvalue weighted by atomic mass is 10.0. The molecule has 0 aliphatic rings. The zero-order valence-electron chi connectivity index (χ0n) is 9.47. The summed E-state index contributed by atoms with van der Waals surface area (Å²) in [6.45, 7) is 4.85. The van der Waals surface area contributed by atoms with Crippen LogP contribution in [0.4, 0.5) is 0 Å². The summed E-state index contributed by atoms with van der Waals surface area (Å²) >= 11 is 0. The standard InChI is InChI=1S/C14H18O2/c1-2-6-13(11-15)9-10-16-12-14-7-4-3-5-8-14/h2-5,7-8,11,13H,1,6,9-10,12H2. The van der Waals surface area contributed by atoms with Gasteiger partial charge in [-0.25, -0.2) is 0 Å². The topological polar surface area (TPSA) is 26.3 Å². The Hall–Kier alpha value is -1.41. The fourth-order valence-corrected chi connectivity index (χ4v) is 1.45. The Morgan fingerprint density at radius 3 is 2.69 bits per heavy atom. The normalized spacial score (nSPS) is 12.0. The minimum absolute atomic E-state index is 0.0493. The first-order valence-electron chi connectivity index (χ1n) is 5.54. The highest BCUT2D eigenvalue weighted by Gasteiger charge is 2.04. The molecule has 1 unspecified atom stereocenters. The number of aldehydes is 1. The van der Waals surface area contributed by atoms with Crippen molar-refractivity contribution in [1.29, 1.82) is 0 Å². The van der Waals surface area contributed by atoms with E-state index in [0.717, 1.165) is 24.7 Å². The first-order chi connectivity index (χ1) is 7.86. The SMILES string of the molecule is C=CCC(C=O)CCOCc1ccccc1. The molecular formula is C14H18O2. The third kappa shape index (κ3) is 4.89. The molecule has 86 valence electrons. The van der Waals surface area contributed by atoms with Gasteiger partial charge in [0.1, 0.15) is 6.29 Å². The molecule has 0 aliphatic carbocycles. The van der Waals surface area contributed by atoms with Crippen molar-refractivity contribution in [2.24, 2.45) is 5.92 Å². The predicted octanol–water partition coefficient (Wildman–Crippen LogP) is 2.98. The predicted molar refractivity (Wildman–Crippen MR) is 65.1 cm³/mol. The average Bonchev–Trinajstić information content (AvgIpc) is 2.34. The van der Waals surface area contributed by atoms with Crippen LogP contribution in [0.1, 0.15) is 18.4 Å². The van der Waals surface area contributed by atoms with E-state index in [4.69, 9.17) is 4.74 Å². The molecule has 2 nitrogen and oxygen atoms in total. The number of ether oxygens (including phenoxy) is 1. The van der Waals surface area contributed by atoms with Crippen LogP contribution in [0.15, 0.2) is 43.0 Å². The van der Waals surface area contributed by atoms with Crippen LogP contribution < -0.4 is 0 Å². The zero-order chi connectivity index (χ0) is 11.6. The summed E-state index contributed by atoms with van der Waals surface area (Å²) in [4.78, 5) is 10.7. The van der Waals surface area contributed by atoms with Crippen molar-refractivity contribution in [3.8, 4) is 0 Å². The van der Waals surface area contributed by atoms with Crippen LogP contribution in [0.5, 0.6) is 0 Å². The van der Waals surface area contributed by atoms with Gasteiger partial charge in [-0.1, -0.05) is 36.4 Å². The molecular weight excluding hydrogens is 200 g/mol. The van der Waals surface area contributed by atoms with E-state index in [2.05, 4.69) is 6.58 Å². The van der Waals surface area contributed by atoms with Crippen LogP contribution in [0, 0.1) is 5.92 Å². The quantitative estimate of drug-likeness (QED) is 0.381. The molecule has 0 aliphatic heterocycles. The molecule has 0 bridgehead atoms. The van der Waals surface area contributed by atoms with Crippen LogP contribution in [0.25, 0.3) is 0 Å². The first kappa shape index (κ1) is 12.7. The second-order valence-corrected chi connectivity index (χ2v) is 3.75. The van der Waals surface area contributed by atoms with Crippen molar-refractivity contribution in [1.82, 2.24) is 0 Å². The van der Waals surface area contributed by atoms with Crippen LogP contribution in [0.2, 0.25) is 0 Å². The second kappa shape index (κ2) is 7.83. The zero-order valence-corrected chi connectivity index (χ0v) is 9.47. The number of allylic oxidation sites excluding steroid dienone is 1. The van der Waals surface area contributed by atoms with Crippen molar-refractivity contribution in [3.05, 3.63) is 48.6 Å². The van der Waals surface area contributed by atoms with Crippen molar-refractivity contribution in [3.63, 3.8) is 0 Å².